The van der Waals surface area contributed by atoms with E-state index in [0.29, 0.717) is 19.8 Å². The molecular formula is C24H32FN5O2. The summed E-state index contributed by atoms with van der Waals surface area (Å²) in [5, 5.41) is 0. The molecule has 1 aromatic carbocycles. The molecule has 7 nitrogen and oxygen atoms in total. The topological polar surface area (TPSA) is 55.7 Å². The molecule has 3 aromatic rings. The number of rotatable bonds is 11. The number of hydrogen-bond donors (Lipinski definition) is 0. The first-order valence-electron chi connectivity index (χ1n) is 11.4. The molecule has 1 aliphatic heterocycles. The fraction of sp³-hybridized carbons (Fsp3) is 0.500. The van der Waals surface area contributed by atoms with Crippen LogP contribution in [0.2, 0.25) is 0 Å². The fourth-order valence-electron chi connectivity index (χ4n) is 4.04. The van der Waals surface area contributed by atoms with Crippen molar-refractivity contribution < 1.29 is 13.9 Å². The highest BCUT2D eigenvalue weighted by Crippen LogP contribution is 2.16. The quantitative estimate of drug-likeness (QED) is 0.426. The van der Waals surface area contributed by atoms with Gasteiger partial charge in [-0.05, 0) is 49.7 Å². The molecule has 8 heteroatoms. The van der Waals surface area contributed by atoms with Gasteiger partial charge in [-0.25, -0.2) is 14.4 Å². The van der Waals surface area contributed by atoms with Crippen LogP contribution in [-0.4, -0.2) is 76.9 Å². The second-order valence-electron chi connectivity index (χ2n) is 8.00. The van der Waals surface area contributed by atoms with Gasteiger partial charge < -0.3 is 18.9 Å². The molecule has 0 unspecified atom stereocenters. The first-order valence-corrected chi connectivity index (χ1v) is 11.4. The fourth-order valence-corrected chi connectivity index (χ4v) is 4.04. The van der Waals surface area contributed by atoms with Crippen LogP contribution in [-0.2, 0) is 17.8 Å². The van der Waals surface area contributed by atoms with Crippen LogP contribution in [0.25, 0.3) is 11.2 Å². The van der Waals surface area contributed by atoms with Gasteiger partial charge in [-0.1, -0.05) is 0 Å². The highest BCUT2D eigenvalue weighted by Gasteiger charge is 2.20. The Morgan fingerprint density at radius 3 is 2.53 bits per heavy atom. The third kappa shape index (κ3) is 6.03. The first-order chi connectivity index (χ1) is 15.7. The minimum absolute atomic E-state index is 0.239. The monoisotopic (exact) mass is 441 g/mol. The number of hydrogen-bond acceptors (Lipinski definition) is 6. The SMILES string of the molecule is CCOCCn1c(CN2CCN(CCCOc3ccc(F)cc3)CC2)nc2cccnc21. The van der Waals surface area contributed by atoms with Crippen molar-refractivity contribution in [1.82, 2.24) is 24.3 Å². The number of pyridine rings is 1. The second kappa shape index (κ2) is 11.4. The maximum atomic E-state index is 13.0. The number of halogens is 1. The van der Waals surface area contributed by atoms with Crippen LogP contribution < -0.4 is 4.74 Å². The van der Waals surface area contributed by atoms with Gasteiger partial charge in [-0.15, -0.1) is 0 Å². The molecule has 2 aromatic heterocycles. The molecule has 0 bridgehead atoms. The highest BCUT2D eigenvalue weighted by atomic mass is 19.1. The zero-order chi connectivity index (χ0) is 22.2. The Kier molecular flexibility index (Phi) is 8.03. The smallest absolute Gasteiger partial charge is 0.160 e. The molecule has 3 heterocycles. The standard InChI is InChI=1S/C24H32FN5O2/c1-2-31-18-16-30-23(27-22-5-3-10-26-24(22)30)19-29-14-12-28(13-15-29)11-4-17-32-21-8-6-20(25)7-9-21/h3,5-10H,2,4,11-19H2,1H3. The number of ether oxygens (including phenoxy) is 2. The van der Waals surface area contributed by atoms with E-state index in [1.807, 2.05) is 25.3 Å². The van der Waals surface area contributed by atoms with E-state index in [9.17, 15) is 4.39 Å². The van der Waals surface area contributed by atoms with Gasteiger partial charge in [-0.3, -0.25) is 4.90 Å². The molecule has 172 valence electrons. The van der Waals surface area contributed by atoms with E-state index in [1.54, 1.807) is 12.1 Å². The first kappa shape index (κ1) is 22.6. The van der Waals surface area contributed by atoms with Gasteiger partial charge in [0.2, 0.25) is 0 Å². The number of piperazine rings is 1. The van der Waals surface area contributed by atoms with E-state index in [0.717, 1.165) is 75.0 Å². The molecule has 0 saturated carbocycles. The molecule has 0 N–H and O–H groups in total. The summed E-state index contributed by atoms with van der Waals surface area (Å²) >= 11 is 0. The molecule has 0 amide bonds. The Bertz CT molecular complexity index is 970. The summed E-state index contributed by atoms with van der Waals surface area (Å²) in [6.07, 6.45) is 2.78. The average Bonchev–Trinajstić information content (AvgIpc) is 3.16. The molecule has 0 atom stereocenters. The number of benzene rings is 1. The Hall–Kier alpha value is -2.55. The molecule has 1 saturated heterocycles. The van der Waals surface area contributed by atoms with Crippen molar-refractivity contribution in [3.05, 3.63) is 54.2 Å². The summed E-state index contributed by atoms with van der Waals surface area (Å²) < 4.78 is 26.4. The lowest BCUT2D eigenvalue weighted by Crippen LogP contribution is -2.46. The van der Waals surface area contributed by atoms with Crippen LogP contribution in [0.15, 0.2) is 42.6 Å². The van der Waals surface area contributed by atoms with Gasteiger partial charge in [0.25, 0.3) is 0 Å². The predicted molar refractivity (Wildman–Crippen MR) is 122 cm³/mol. The maximum absolute atomic E-state index is 13.0. The zero-order valence-electron chi connectivity index (χ0n) is 18.8. The lowest BCUT2D eigenvalue weighted by atomic mass is 10.3. The molecule has 0 radical (unpaired) electrons. The summed E-state index contributed by atoms with van der Waals surface area (Å²) in [7, 11) is 0. The summed E-state index contributed by atoms with van der Waals surface area (Å²) in [6.45, 7) is 10.7. The van der Waals surface area contributed by atoms with Crippen molar-refractivity contribution in [1.29, 1.82) is 0 Å². The van der Waals surface area contributed by atoms with Crippen LogP contribution >= 0.6 is 0 Å². The van der Waals surface area contributed by atoms with E-state index in [-0.39, 0.29) is 5.82 Å². The summed E-state index contributed by atoms with van der Waals surface area (Å²) in [5.74, 6) is 1.54. The molecule has 0 spiro atoms. The van der Waals surface area contributed by atoms with E-state index >= 15 is 0 Å². The van der Waals surface area contributed by atoms with Gasteiger partial charge in [-0.2, -0.15) is 0 Å². The van der Waals surface area contributed by atoms with E-state index in [2.05, 4.69) is 19.4 Å². The predicted octanol–water partition coefficient (Wildman–Crippen LogP) is 3.19. The minimum Gasteiger partial charge on any atom is -0.494 e. The Morgan fingerprint density at radius 1 is 0.969 bits per heavy atom. The second-order valence-corrected chi connectivity index (χ2v) is 8.00. The largest absolute Gasteiger partial charge is 0.494 e. The lowest BCUT2D eigenvalue weighted by Gasteiger charge is -2.34. The number of imidazole rings is 1. The van der Waals surface area contributed by atoms with E-state index < -0.39 is 0 Å². The highest BCUT2D eigenvalue weighted by molar-refractivity contribution is 5.71. The summed E-state index contributed by atoms with van der Waals surface area (Å²) in [4.78, 5) is 14.3. The lowest BCUT2D eigenvalue weighted by molar-refractivity contribution is 0.115. The molecular weight excluding hydrogens is 409 g/mol. The van der Waals surface area contributed by atoms with Gasteiger partial charge in [0.1, 0.15) is 22.9 Å². The van der Waals surface area contributed by atoms with E-state index in [1.165, 1.54) is 12.1 Å². The molecule has 1 fully saturated rings. The van der Waals surface area contributed by atoms with Crippen LogP contribution in [0.4, 0.5) is 4.39 Å². The Balaban J connectivity index is 1.23. The van der Waals surface area contributed by atoms with Gasteiger partial charge in [0, 0.05) is 52.1 Å². The minimum atomic E-state index is -0.239. The van der Waals surface area contributed by atoms with Crippen molar-refractivity contribution in [2.24, 2.45) is 0 Å². The Labute approximate surface area is 188 Å². The van der Waals surface area contributed by atoms with Crippen LogP contribution in [0.1, 0.15) is 19.2 Å². The van der Waals surface area contributed by atoms with Crippen molar-refractivity contribution in [2.75, 3.05) is 52.5 Å². The number of nitrogens with zero attached hydrogens (tertiary/aromatic N) is 5. The summed E-state index contributed by atoms with van der Waals surface area (Å²) in [6, 6.07) is 10.2. The Morgan fingerprint density at radius 2 is 1.75 bits per heavy atom. The summed E-state index contributed by atoms with van der Waals surface area (Å²) in [5.41, 5.74) is 1.88. The van der Waals surface area contributed by atoms with Gasteiger partial charge in [0.05, 0.1) is 19.8 Å². The normalized spacial score (nSPS) is 15.4. The van der Waals surface area contributed by atoms with E-state index in [4.69, 9.17) is 14.5 Å². The van der Waals surface area contributed by atoms with Crippen molar-refractivity contribution >= 4 is 11.2 Å². The van der Waals surface area contributed by atoms with Crippen LogP contribution in [0.5, 0.6) is 5.75 Å². The van der Waals surface area contributed by atoms with Crippen molar-refractivity contribution in [3.63, 3.8) is 0 Å². The maximum Gasteiger partial charge on any atom is 0.160 e. The van der Waals surface area contributed by atoms with Gasteiger partial charge in [0.15, 0.2) is 5.65 Å². The van der Waals surface area contributed by atoms with Crippen molar-refractivity contribution in [2.45, 2.75) is 26.4 Å². The third-order valence-electron chi connectivity index (χ3n) is 5.78. The molecule has 4 rings (SSSR count). The average molecular weight is 442 g/mol. The van der Waals surface area contributed by atoms with Crippen LogP contribution in [0, 0.1) is 5.82 Å². The zero-order valence-corrected chi connectivity index (χ0v) is 18.8. The van der Waals surface area contributed by atoms with Crippen molar-refractivity contribution in [3.8, 4) is 5.75 Å². The van der Waals surface area contributed by atoms with Gasteiger partial charge >= 0.3 is 0 Å². The third-order valence-corrected chi connectivity index (χ3v) is 5.78. The van der Waals surface area contributed by atoms with Crippen LogP contribution in [0.3, 0.4) is 0 Å². The molecule has 32 heavy (non-hydrogen) atoms. The molecule has 0 aliphatic carbocycles. The number of fused-ring (bicyclic) bond motifs is 1. The number of aromatic nitrogens is 3. The molecule has 1 aliphatic rings.